The molecule has 2 heterocycles. The van der Waals surface area contributed by atoms with Crippen LogP contribution in [0.5, 0.6) is 0 Å². The molecule has 25 heavy (non-hydrogen) atoms. The molecule has 8 nitrogen and oxygen atoms in total. The molecule has 1 saturated heterocycles. The normalized spacial score (nSPS) is 21.1. The molecule has 0 spiro atoms. The van der Waals surface area contributed by atoms with E-state index in [1.54, 1.807) is 0 Å². The van der Waals surface area contributed by atoms with E-state index in [0.717, 1.165) is 0 Å². The zero-order valence-electron chi connectivity index (χ0n) is 15.2. The van der Waals surface area contributed by atoms with Crippen molar-refractivity contribution in [2.75, 3.05) is 24.2 Å². The number of thioether (sulfide) groups is 1. The van der Waals surface area contributed by atoms with Crippen LogP contribution in [-0.4, -0.2) is 63.6 Å². The van der Waals surface area contributed by atoms with Crippen LogP contribution in [0.1, 0.15) is 34.6 Å². The third-order valence-electron chi connectivity index (χ3n) is 3.21. The predicted octanol–water partition coefficient (Wildman–Crippen LogP) is 2.19. The Hall–Kier alpha value is -1.39. The molecule has 1 aliphatic rings. The Morgan fingerprint density at radius 2 is 1.92 bits per heavy atom. The van der Waals surface area contributed by atoms with Crippen LogP contribution in [0, 0.1) is 0 Å². The summed E-state index contributed by atoms with van der Waals surface area (Å²) in [5.74, 6) is 0.351. The predicted molar refractivity (Wildman–Crippen MR) is 99.1 cm³/mol. The zero-order chi connectivity index (χ0) is 18.6. The number of rotatable bonds is 4. The summed E-state index contributed by atoms with van der Waals surface area (Å²) in [7, 11) is 0. The lowest BCUT2D eigenvalue weighted by molar-refractivity contribution is -0.140. The van der Waals surface area contributed by atoms with Crippen molar-refractivity contribution in [3.8, 4) is 0 Å². The van der Waals surface area contributed by atoms with E-state index in [4.69, 9.17) is 4.74 Å². The first-order valence-electron chi connectivity index (χ1n) is 8.11. The fourth-order valence-corrected chi connectivity index (χ4v) is 4.03. The summed E-state index contributed by atoms with van der Waals surface area (Å²) < 4.78 is 6.28. The van der Waals surface area contributed by atoms with Crippen molar-refractivity contribution in [3.63, 3.8) is 0 Å². The molecule has 0 aliphatic carbocycles. The number of anilines is 1. The molecule has 1 aliphatic heterocycles. The second-order valence-electron chi connectivity index (χ2n) is 7.05. The summed E-state index contributed by atoms with van der Waals surface area (Å²) in [6.45, 7) is 10.8. The Morgan fingerprint density at radius 1 is 1.28 bits per heavy atom. The average molecular weight is 388 g/mol. The highest BCUT2D eigenvalue weighted by molar-refractivity contribution is 8.01. The molecule has 1 fully saturated rings. The van der Waals surface area contributed by atoms with Crippen LogP contribution in [-0.2, 0) is 9.53 Å². The number of ether oxygens (including phenoxy) is 1. The Kier molecular flexibility index (Phi) is 6.64. The number of hydrogen-bond donors (Lipinski definition) is 2. The second kappa shape index (κ2) is 8.33. The monoisotopic (exact) mass is 387 g/mol. The van der Waals surface area contributed by atoms with Crippen molar-refractivity contribution in [1.82, 2.24) is 20.4 Å². The van der Waals surface area contributed by atoms with E-state index < -0.39 is 0 Å². The number of aromatic nitrogens is 2. The number of amides is 3. The molecule has 0 radical (unpaired) electrons. The van der Waals surface area contributed by atoms with Crippen molar-refractivity contribution in [2.24, 2.45) is 0 Å². The van der Waals surface area contributed by atoms with Gasteiger partial charge >= 0.3 is 6.03 Å². The van der Waals surface area contributed by atoms with Gasteiger partial charge < -0.3 is 15.0 Å². The minimum Gasteiger partial charge on any atom is -0.372 e. The molecule has 1 aromatic rings. The van der Waals surface area contributed by atoms with Gasteiger partial charge in [0.2, 0.25) is 11.0 Å². The first-order chi connectivity index (χ1) is 11.6. The lowest BCUT2D eigenvalue weighted by atomic mass is 10.1. The molecular formula is C15H25N5O3S2. The molecule has 10 heteroatoms. The topological polar surface area (TPSA) is 96.5 Å². The lowest BCUT2D eigenvalue weighted by Gasteiger charge is -2.35. The second-order valence-corrected chi connectivity index (χ2v) is 9.25. The van der Waals surface area contributed by atoms with Gasteiger partial charge in [-0.1, -0.05) is 23.1 Å². The summed E-state index contributed by atoms with van der Waals surface area (Å²) >= 11 is 2.58. The molecule has 0 bridgehead atoms. The van der Waals surface area contributed by atoms with Gasteiger partial charge in [0.25, 0.3) is 0 Å². The summed E-state index contributed by atoms with van der Waals surface area (Å²) in [6, 6.07) is -0.326. The zero-order valence-corrected chi connectivity index (χ0v) is 16.8. The van der Waals surface area contributed by atoms with Gasteiger partial charge in [-0.05, 0) is 34.6 Å². The van der Waals surface area contributed by atoms with Gasteiger partial charge in [-0.15, -0.1) is 10.2 Å². The van der Waals surface area contributed by atoms with Crippen LogP contribution in [0.25, 0.3) is 0 Å². The van der Waals surface area contributed by atoms with E-state index in [1.807, 2.05) is 39.5 Å². The number of urea groups is 1. The van der Waals surface area contributed by atoms with E-state index in [2.05, 4.69) is 20.8 Å². The summed E-state index contributed by atoms with van der Waals surface area (Å²) in [6.07, 6.45) is 0.104. The Labute approximate surface area is 156 Å². The maximum atomic E-state index is 12.3. The van der Waals surface area contributed by atoms with Crippen LogP contribution in [0.4, 0.5) is 9.93 Å². The van der Waals surface area contributed by atoms with Crippen LogP contribution >= 0.6 is 23.1 Å². The SMILES string of the molecule is C[C@@H]1CN(C(=O)CSc2nnc(NC(=O)NC(C)(C)C)s2)C[C@@H](C)O1. The fraction of sp³-hybridized carbons (Fsp3) is 0.733. The summed E-state index contributed by atoms with van der Waals surface area (Å²) in [5, 5.41) is 13.8. The third kappa shape index (κ3) is 6.79. The number of carbonyl (C=O) groups is 2. The van der Waals surface area contributed by atoms with Crippen molar-refractivity contribution in [2.45, 2.75) is 56.7 Å². The van der Waals surface area contributed by atoms with Crippen LogP contribution in [0.3, 0.4) is 0 Å². The van der Waals surface area contributed by atoms with Crippen LogP contribution in [0.15, 0.2) is 4.34 Å². The molecule has 140 valence electrons. The number of hydrogen-bond acceptors (Lipinski definition) is 7. The quantitative estimate of drug-likeness (QED) is 0.607. The van der Waals surface area contributed by atoms with Gasteiger partial charge in [0, 0.05) is 18.6 Å². The van der Waals surface area contributed by atoms with Crippen molar-refractivity contribution in [1.29, 1.82) is 0 Å². The van der Waals surface area contributed by atoms with Crippen molar-refractivity contribution in [3.05, 3.63) is 0 Å². The lowest BCUT2D eigenvalue weighted by Crippen LogP contribution is -2.48. The highest BCUT2D eigenvalue weighted by Gasteiger charge is 2.26. The van der Waals surface area contributed by atoms with Gasteiger partial charge in [-0.25, -0.2) is 4.79 Å². The van der Waals surface area contributed by atoms with E-state index in [0.29, 0.717) is 28.3 Å². The third-order valence-corrected chi connectivity index (χ3v) is 5.16. The number of nitrogens with zero attached hydrogens (tertiary/aromatic N) is 3. The summed E-state index contributed by atoms with van der Waals surface area (Å²) in [5.41, 5.74) is -0.328. The average Bonchev–Trinajstić information content (AvgIpc) is 2.89. The Bertz CT molecular complexity index is 607. The minimum absolute atomic E-state index is 0.0522. The van der Waals surface area contributed by atoms with Gasteiger partial charge in [-0.2, -0.15) is 0 Å². The number of morpholine rings is 1. The Morgan fingerprint density at radius 3 is 2.52 bits per heavy atom. The highest BCUT2D eigenvalue weighted by Crippen LogP contribution is 2.26. The molecule has 0 saturated carbocycles. The van der Waals surface area contributed by atoms with E-state index in [-0.39, 0.29) is 29.7 Å². The molecule has 2 atom stereocenters. The molecule has 3 amide bonds. The van der Waals surface area contributed by atoms with Crippen molar-refractivity contribution < 1.29 is 14.3 Å². The number of nitrogens with one attached hydrogen (secondary N) is 2. The van der Waals surface area contributed by atoms with Crippen LogP contribution in [0.2, 0.25) is 0 Å². The standard InChI is InChI=1S/C15H25N5O3S2/c1-9-6-20(7-10(2)23-9)11(21)8-24-14-19-18-13(25-14)16-12(22)17-15(3,4)5/h9-10H,6-8H2,1-5H3,(H2,16,17,18,22)/t9-,10-/m1/s1. The van der Waals surface area contributed by atoms with Gasteiger partial charge in [-0.3, -0.25) is 10.1 Å². The molecule has 1 aromatic heterocycles. The van der Waals surface area contributed by atoms with Gasteiger partial charge in [0.05, 0.1) is 18.0 Å². The largest absolute Gasteiger partial charge is 0.372 e. The highest BCUT2D eigenvalue weighted by atomic mass is 32.2. The first kappa shape index (κ1) is 19.9. The fourth-order valence-electron chi connectivity index (χ4n) is 2.38. The number of carbonyl (C=O) groups excluding carboxylic acids is 2. The van der Waals surface area contributed by atoms with Gasteiger partial charge in [0.15, 0.2) is 4.34 Å². The van der Waals surface area contributed by atoms with E-state index in [9.17, 15) is 9.59 Å². The van der Waals surface area contributed by atoms with Gasteiger partial charge in [0.1, 0.15) is 0 Å². The van der Waals surface area contributed by atoms with Crippen LogP contribution < -0.4 is 10.6 Å². The maximum Gasteiger partial charge on any atom is 0.321 e. The molecular weight excluding hydrogens is 362 g/mol. The maximum absolute atomic E-state index is 12.3. The minimum atomic E-state index is -0.328. The Balaban J connectivity index is 1.81. The molecule has 0 aromatic carbocycles. The summed E-state index contributed by atoms with van der Waals surface area (Å²) in [4.78, 5) is 26.0. The van der Waals surface area contributed by atoms with E-state index in [1.165, 1.54) is 23.1 Å². The smallest absolute Gasteiger partial charge is 0.321 e. The first-order valence-corrected chi connectivity index (χ1v) is 9.91. The van der Waals surface area contributed by atoms with Crippen molar-refractivity contribution >= 4 is 40.2 Å². The molecule has 0 unspecified atom stereocenters. The molecule has 2 N–H and O–H groups in total. The van der Waals surface area contributed by atoms with E-state index >= 15 is 0 Å². The molecule has 2 rings (SSSR count).